The number of rotatable bonds is 6. The lowest BCUT2D eigenvalue weighted by atomic mass is 9.78. The minimum absolute atomic E-state index is 0.102. The van der Waals surface area contributed by atoms with Gasteiger partial charge in [-0.1, -0.05) is 25.0 Å². The fourth-order valence-corrected chi connectivity index (χ4v) is 3.90. The number of halogens is 3. The second-order valence-electron chi connectivity index (χ2n) is 7.11. The van der Waals surface area contributed by atoms with Crippen LogP contribution in [0, 0.1) is 0 Å². The van der Waals surface area contributed by atoms with Crippen molar-refractivity contribution in [3.63, 3.8) is 0 Å². The zero-order valence-corrected chi connectivity index (χ0v) is 16.4. The summed E-state index contributed by atoms with van der Waals surface area (Å²) in [5.74, 6) is 0.143. The lowest BCUT2D eigenvalue weighted by Gasteiger charge is -2.28. The van der Waals surface area contributed by atoms with Gasteiger partial charge in [0.2, 0.25) is 5.91 Å². The van der Waals surface area contributed by atoms with E-state index in [1.807, 2.05) is 12.1 Å². The molecule has 0 aromatic heterocycles. The van der Waals surface area contributed by atoms with Crippen LogP contribution in [0.3, 0.4) is 0 Å². The Labute approximate surface area is 168 Å². The molecule has 1 aliphatic carbocycles. The summed E-state index contributed by atoms with van der Waals surface area (Å²) in [6.45, 7) is 1.74. The molecule has 1 N–H and O–H groups in total. The standard InChI is InChI=1S/C22H24F3NO3/c1-3-29-19-11-8-16(14-18(19)22(23,24)25)26-20(27)21(12-4-5-13-21)15-6-9-17(28-2)10-7-15/h6-11,14H,3-5,12-13H2,1-2H3,(H,26,27). The van der Waals surface area contributed by atoms with Gasteiger partial charge in [0.25, 0.3) is 0 Å². The Morgan fingerprint density at radius 3 is 2.31 bits per heavy atom. The average molecular weight is 407 g/mol. The zero-order chi connectivity index (χ0) is 21.1. The number of benzene rings is 2. The molecule has 0 atom stereocenters. The van der Waals surface area contributed by atoms with Gasteiger partial charge in [-0.25, -0.2) is 0 Å². The molecule has 0 radical (unpaired) electrons. The number of amides is 1. The van der Waals surface area contributed by atoms with E-state index in [1.165, 1.54) is 12.1 Å². The summed E-state index contributed by atoms with van der Waals surface area (Å²) in [6, 6.07) is 10.9. The second kappa shape index (κ2) is 8.35. The third-order valence-corrected chi connectivity index (χ3v) is 5.38. The summed E-state index contributed by atoms with van der Waals surface area (Å²) in [5.41, 5.74) is -0.716. The van der Waals surface area contributed by atoms with Crippen molar-refractivity contribution in [2.75, 3.05) is 19.0 Å². The van der Waals surface area contributed by atoms with Crippen LogP contribution in [-0.4, -0.2) is 19.6 Å². The summed E-state index contributed by atoms with van der Waals surface area (Å²) < 4.78 is 50.5. The van der Waals surface area contributed by atoms with E-state index >= 15 is 0 Å². The summed E-state index contributed by atoms with van der Waals surface area (Å²) in [7, 11) is 1.57. The Morgan fingerprint density at radius 1 is 1.10 bits per heavy atom. The van der Waals surface area contributed by atoms with Crippen LogP contribution in [-0.2, 0) is 16.4 Å². The molecule has 0 spiro atoms. The summed E-state index contributed by atoms with van der Waals surface area (Å²) in [6.07, 6.45) is -1.51. The monoisotopic (exact) mass is 407 g/mol. The first-order valence-corrected chi connectivity index (χ1v) is 9.60. The molecule has 2 aromatic rings. The molecule has 1 amide bonds. The van der Waals surface area contributed by atoms with Gasteiger partial charge in [-0.15, -0.1) is 0 Å². The molecule has 0 aliphatic heterocycles. The van der Waals surface area contributed by atoms with Gasteiger partial charge < -0.3 is 14.8 Å². The average Bonchev–Trinajstić information content (AvgIpc) is 3.20. The molecule has 2 aromatic carbocycles. The molecule has 1 fully saturated rings. The van der Waals surface area contributed by atoms with Gasteiger partial charge >= 0.3 is 6.18 Å². The van der Waals surface area contributed by atoms with Crippen LogP contribution in [0.2, 0.25) is 0 Å². The number of hydrogen-bond donors (Lipinski definition) is 1. The molecule has 0 bridgehead atoms. The molecule has 1 saturated carbocycles. The number of alkyl halides is 3. The van der Waals surface area contributed by atoms with Gasteiger partial charge in [0.05, 0.1) is 24.7 Å². The highest BCUT2D eigenvalue weighted by Gasteiger charge is 2.43. The number of anilines is 1. The SMILES string of the molecule is CCOc1ccc(NC(=O)C2(c3ccc(OC)cc3)CCCC2)cc1C(F)(F)F. The fourth-order valence-electron chi connectivity index (χ4n) is 3.90. The number of methoxy groups -OCH3 is 1. The van der Waals surface area contributed by atoms with E-state index in [1.54, 1.807) is 26.2 Å². The maximum absolute atomic E-state index is 13.4. The van der Waals surface area contributed by atoms with E-state index < -0.39 is 17.2 Å². The molecular weight excluding hydrogens is 383 g/mol. The topological polar surface area (TPSA) is 47.6 Å². The van der Waals surface area contributed by atoms with Gasteiger partial charge in [-0.05, 0) is 55.7 Å². The van der Waals surface area contributed by atoms with Crippen molar-refractivity contribution in [2.45, 2.75) is 44.2 Å². The van der Waals surface area contributed by atoms with E-state index in [2.05, 4.69) is 5.32 Å². The normalized spacial score (nSPS) is 15.8. The minimum atomic E-state index is -4.58. The predicted octanol–water partition coefficient (Wildman–Crippen LogP) is 5.56. The Balaban J connectivity index is 1.90. The van der Waals surface area contributed by atoms with Gasteiger partial charge in [0.1, 0.15) is 11.5 Å². The highest BCUT2D eigenvalue weighted by molar-refractivity contribution is 5.99. The van der Waals surface area contributed by atoms with Crippen LogP contribution in [0.4, 0.5) is 18.9 Å². The Hall–Kier alpha value is -2.70. The number of carbonyl (C=O) groups is 1. The molecule has 3 rings (SSSR count). The number of carbonyl (C=O) groups excluding carboxylic acids is 1. The molecule has 0 unspecified atom stereocenters. The van der Waals surface area contributed by atoms with Crippen molar-refractivity contribution in [1.82, 2.24) is 0 Å². The van der Waals surface area contributed by atoms with Crippen LogP contribution >= 0.6 is 0 Å². The van der Waals surface area contributed by atoms with Crippen molar-refractivity contribution >= 4 is 11.6 Å². The third kappa shape index (κ3) is 4.33. The molecule has 7 heteroatoms. The minimum Gasteiger partial charge on any atom is -0.497 e. The Bertz CT molecular complexity index is 857. The van der Waals surface area contributed by atoms with Crippen LogP contribution in [0.1, 0.15) is 43.7 Å². The maximum atomic E-state index is 13.4. The Morgan fingerprint density at radius 2 is 1.76 bits per heavy atom. The van der Waals surface area contributed by atoms with E-state index in [4.69, 9.17) is 9.47 Å². The van der Waals surface area contributed by atoms with E-state index in [-0.39, 0.29) is 24.0 Å². The van der Waals surface area contributed by atoms with Crippen LogP contribution in [0.15, 0.2) is 42.5 Å². The van der Waals surface area contributed by atoms with Crippen molar-refractivity contribution in [1.29, 1.82) is 0 Å². The first-order chi connectivity index (χ1) is 13.8. The first-order valence-electron chi connectivity index (χ1n) is 9.60. The highest BCUT2D eigenvalue weighted by Crippen LogP contribution is 2.43. The van der Waals surface area contributed by atoms with Crippen molar-refractivity contribution in [3.05, 3.63) is 53.6 Å². The molecule has 1 aliphatic rings. The van der Waals surface area contributed by atoms with Gasteiger partial charge in [-0.3, -0.25) is 4.79 Å². The lowest BCUT2D eigenvalue weighted by Crippen LogP contribution is -2.38. The fraction of sp³-hybridized carbons (Fsp3) is 0.409. The Kier molecular flexibility index (Phi) is 6.05. The first kappa shape index (κ1) is 21.0. The quantitative estimate of drug-likeness (QED) is 0.682. The zero-order valence-electron chi connectivity index (χ0n) is 16.4. The number of ether oxygens (including phenoxy) is 2. The summed E-state index contributed by atoms with van der Waals surface area (Å²) in [5, 5.41) is 2.71. The van der Waals surface area contributed by atoms with Crippen LogP contribution in [0.5, 0.6) is 11.5 Å². The third-order valence-electron chi connectivity index (χ3n) is 5.38. The largest absolute Gasteiger partial charge is 0.497 e. The summed E-state index contributed by atoms with van der Waals surface area (Å²) in [4.78, 5) is 13.2. The molecule has 4 nitrogen and oxygen atoms in total. The lowest BCUT2D eigenvalue weighted by molar-refractivity contribution is -0.139. The molecular formula is C22H24F3NO3. The van der Waals surface area contributed by atoms with Crippen molar-refractivity contribution in [2.24, 2.45) is 0 Å². The smallest absolute Gasteiger partial charge is 0.420 e. The van der Waals surface area contributed by atoms with Gasteiger partial charge in [0.15, 0.2) is 0 Å². The van der Waals surface area contributed by atoms with E-state index in [0.29, 0.717) is 18.6 Å². The van der Waals surface area contributed by atoms with E-state index in [9.17, 15) is 18.0 Å². The molecule has 29 heavy (non-hydrogen) atoms. The van der Waals surface area contributed by atoms with Gasteiger partial charge in [-0.2, -0.15) is 13.2 Å². The molecule has 0 saturated heterocycles. The molecule has 0 heterocycles. The van der Waals surface area contributed by atoms with Crippen LogP contribution in [0.25, 0.3) is 0 Å². The second-order valence-corrected chi connectivity index (χ2v) is 7.11. The number of hydrogen-bond acceptors (Lipinski definition) is 3. The van der Waals surface area contributed by atoms with Crippen molar-refractivity contribution < 1.29 is 27.4 Å². The number of nitrogens with one attached hydrogen (secondary N) is 1. The predicted molar refractivity (Wildman–Crippen MR) is 104 cm³/mol. The van der Waals surface area contributed by atoms with Crippen LogP contribution < -0.4 is 14.8 Å². The molecule has 156 valence electrons. The highest BCUT2D eigenvalue weighted by atomic mass is 19.4. The summed E-state index contributed by atoms with van der Waals surface area (Å²) >= 11 is 0. The van der Waals surface area contributed by atoms with Crippen molar-refractivity contribution in [3.8, 4) is 11.5 Å². The van der Waals surface area contributed by atoms with E-state index in [0.717, 1.165) is 24.5 Å². The van der Waals surface area contributed by atoms with Gasteiger partial charge in [0, 0.05) is 5.69 Å². The maximum Gasteiger partial charge on any atom is 0.420 e.